The minimum Gasteiger partial charge on any atom is -0.436 e. The fourth-order valence-electron chi connectivity index (χ4n) is 4.22. The molecule has 0 spiro atoms. The Morgan fingerprint density at radius 2 is 1.29 bits per heavy atom. The molecule has 3 aromatic rings. The van der Waals surface area contributed by atoms with Gasteiger partial charge < -0.3 is 36.3 Å². The van der Waals surface area contributed by atoms with Gasteiger partial charge in [-0.15, -0.1) is 0 Å². The van der Waals surface area contributed by atoms with E-state index in [1.54, 1.807) is 6.20 Å². The minimum atomic E-state index is -0.212. The molecule has 182 valence electrons. The fourth-order valence-corrected chi connectivity index (χ4v) is 4.22. The topological polar surface area (TPSA) is 132 Å². The lowest BCUT2D eigenvalue weighted by Gasteiger charge is -2.12. The Morgan fingerprint density at radius 1 is 0.771 bits per heavy atom. The third-order valence-electron chi connectivity index (χ3n) is 6.11. The summed E-state index contributed by atoms with van der Waals surface area (Å²) in [5, 5.41) is 18.1. The molecule has 0 radical (unpaired) electrons. The maximum absolute atomic E-state index is 12.1. The molecule has 2 aromatic carbocycles. The number of anilines is 2. The van der Waals surface area contributed by atoms with Gasteiger partial charge in [0.05, 0.1) is 6.20 Å². The molecule has 1 aromatic heterocycles. The van der Waals surface area contributed by atoms with E-state index in [2.05, 4.69) is 36.9 Å². The van der Waals surface area contributed by atoms with Crippen LogP contribution in [0.4, 0.5) is 21.0 Å². The van der Waals surface area contributed by atoms with Crippen molar-refractivity contribution in [1.82, 2.24) is 26.3 Å². The molecule has 0 aliphatic carbocycles. The van der Waals surface area contributed by atoms with Crippen molar-refractivity contribution in [3.8, 4) is 22.8 Å². The van der Waals surface area contributed by atoms with Crippen LogP contribution in [-0.2, 0) is 0 Å². The Bertz CT molecular complexity index is 1060. The number of carbonyl (C=O) groups excluding carboxylic acids is 2. The molecule has 2 atom stereocenters. The lowest BCUT2D eigenvalue weighted by atomic mass is 10.2. The average molecular weight is 476 g/mol. The maximum atomic E-state index is 12.1. The van der Waals surface area contributed by atoms with Gasteiger partial charge in [-0.2, -0.15) is 0 Å². The lowest BCUT2D eigenvalue weighted by molar-refractivity contribution is 0.248. The van der Waals surface area contributed by atoms with Gasteiger partial charge in [-0.25, -0.2) is 14.6 Å². The molecule has 2 aliphatic rings. The predicted octanol–water partition coefficient (Wildman–Crippen LogP) is 2.98. The van der Waals surface area contributed by atoms with Gasteiger partial charge >= 0.3 is 12.1 Å². The maximum Gasteiger partial charge on any atom is 0.319 e. The summed E-state index contributed by atoms with van der Waals surface area (Å²) in [5.74, 6) is 1.11. The third kappa shape index (κ3) is 5.97. The Hall–Kier alpha value is -3.89. The molecule has 2 aliphatic heterocycles. The number of benzene rings is 2. The van der Waals surface area contributed by atoms with E-state index in [-0.39, 0.29) is 24.1 Å². The van der Waals surface area contributed by atoms with E-state index in [1.807, 2.05) is 48.5 Å². The first-order valence-corrected chi connectivity index (χ1v) is 11.9. The van der Waals surface area contributed by atoms with Crippen LogP contribution in [0.5, 0.6) is 0 Å². The molecule has 10 heteroatoms. The van der Waals surface area contributed by atoms with Crippen molar-refractivity contribution in [2.75, 3.05) is 36.8 Å². The van der Waals surface area contributed by atoms with Crippen molar-refractivity contribution in [3.63, 3.8) is 0 Å². The van der Waals surface area contributed by atoms with E-state index >= 15 is 0 Å². The smallest absolute Gasteiger partial charge is 0.319 e. The Morgan fingerprint density at radius 3 is 1.77 bits per heavy atom. The molecule has 4 amide bonds. The molecule has 3 heterocycles. The van der Waals surface area contributed by atoms with Crippen LogP contribution in [0.3, 0.4) is 0 Å². The summed E-state index contributed by atoms with van der Waals surface area (Å²) in [7, 11) is 0. The van der Waals surface area contributed by atoms with Crippen molar-refractivity contribution in [2.45, 2.75) is 24.9 Å². The first-order chi connectivity index (χ1) is 17.1. The highest BCUT2D eigenvalue weighted by molar-refractivity contribution is 5.90. The number of aromatic nitrogens is 1. The predicted molar refractivity (Wildman–Crippen MR) is 134 cm³/mol. The molecular formula is C25H29N7O3. The van der Waals surface area contributed by atoms with Crippen molar-refractivity contribution in [3.05, 3.63) is 54.7 Å². The van der Waals surface area contributed by atoms with Crippen molar-refractivity contribution >= 4 is 23.4 Å². The number of hydrogen-bond acceptors (Lipinski definition) is 6. The van der Waals surface area contributed by atoms with Crippen molar-refractivity contribution < 1.29 is 14.0 Å². The largest absolute Gasteiger partial charge is 0.436 e. The normalized spacial score (nSPS) is 19.3. The second-order valence-electron chi connectivity index (χ2n) is 8.76. The monoisotopic (exact) mass is 475 g/mol. The number of nitrogens with one attached hydrogen (secondary N) is 6. The van der Waals surface area contributed by atoms with Gasteiger partial charge in [-0.05, 0) is 74.5 Å². The molecule has 10 nitrogen and oxygen atoms in total. The lowest BCUT2D eigenvalue weighted by Crippen LogP contribution is -2.39. The highest BCUT2D eigenvalue weighted by atomic mass is 16.4. The number of amides is 4. The van der Waals surface area contributed by atoms with Crippen LogP contribution in [0.15, 0.2) is 59.1 Å². The average Bonchev–Trinajstić information content (AvgIpc) is 3.64. The highest BCUT2D eigenvalue weighted by Gasteiger charge is 2.18. The second-order valence-corrected chi connectivity index (χ2v) is 8.76. The molecule has 0 saturated carbocycles. The van der Waals surface area contributed by atoms with Crippen LogP contribution >= 0.6 is 0 Å². The van der Waals surface area contributed by atoms with E-state index in [0.29, 0.717) is 23.0 Å². The van der Waals surface area contributed by atoms with Gasteiger partial charge in [-0.1, -0.05) is 0 Å². The van der Waals surface area contributed by atoms with Crippen LogP contribution in [-0.4, -0.2) is 55.3 Å². The van der Waals surface area contributed by atoms with E-state index in [4.69, 9.17) is 4.42 Å². The zero-order valence-corrected chi connectivity index (χ0v) is 19.3. The number of nitrogens with zero attached hydrogens (tertiary/aromatic N) is 1. The summed E-state index contributed by atoms with van der Waals surface area (Å²) < 4.78 is 5.95. The standard InChI is InChI=1S/C25H29N7O3/c33-24(31-20-9-11-26-13-20)29-18-5-1-16(2-6-18)22-15-28-23(35-22)17-3-7-19(8-4-17)30-25(34)32-21-10-12-27-14-21/h1-8,15,20-21,26-27H,9-14H2,(H2,29,31,33)(H2,30,32,34). The SMILES string of the molecule is O=C(Nc1ccc(-c2cnc(-c3ccc(NC(=O)NC4CCNC4)cc3)o2)cc1)NC1CCNC1. The molecule has 2 unspecified atom stereocenters. The molecule has 2 saturated heterocycles. The summed E-state index contributed by atoms with van der Waals surface area (Å²) in [4.78, 5) is 28.7. The van der Waals surface area contributed by atoms with Gasteiger partial charge in [0.25, 0.3) is 0 Å². The molecule has 2 fully saturated rings. The molecule has 0 bridgehead atoms. The summed E-state index contributed by atoms with van der Waals surface area (Å²) in [6.45, 7) is 3.45. The summed E-state index contributed by atoms with van der Waals surface area (Å²) in [5.41, 5.74) is 3.05. The Labute approximate surface area is 203 Å². The first-order valence-electron chi connectivity index (χ1n) is 11.9. The summed E-state index contributed by atoms with van der Waals surface area (Å²) >= 11 is 0. The van der Waals surface area contributed by atoms with Crippen LogP contribution in [0.1, 0.15) is 12.8 Å². The van der Waals surface area contributed by atoms with Crippen molar-refractivity contribution in [2.24, 2.45) is 0 Å². The van der Waals surface area contributed by atoms with Crippen LogP contribution in [0, 0.1) is 0 Å². The van der Waals surface area contributed by atoms with E-state index in [1.165, 1.54) is 0 Å². The van der Waals surface area contributed by atoms with Gasteiger partial charge in [0.15, 0.2) is 5.76 Å². The number of oxazole rings is 1. The van der Waals surface area contributed by atoms with E-state index < -0.39 is 0 Å². The highest BCUT2D eigenvalue weighted by Crippen LogP contribution is 2.27. The van der Waals surface area contributed by atoms with Gasteiger partial charge in [0, 0.05) is 47.7 Å². The summed E-state index contributed by atoms with van der Waals surface area (Å²) in [6, 6.07) is 14.7. The zero-order chi connectivity index (χ0) is 24.0. The second kappa shape index (κ2) is 10.6. The van der Waals surface area contributed by atoms with E-state index in [0.717, 1.165) is 50.1 Å². The third-order valence-corrected chi connectivity index (χ3v) is 6.11. The zero-order valence-electron chi connectivity index (χ0n) is 19.3. The van der Waals surface area contributed by atoms with Crippen molar-refractivity contribution in [1.29, 1.82) is 0 Å². The molecular weight excluding hydrogens is 446 g/mol. The van der Waals surface area contributed by atoms with Crippen LogP contribution in [0.2, 0.25) is 0 Å². The van der Waals surface area contributed by atoms with Gasteiger partial charge in [-0.3, -0.25) is 0 Å². The fraction of sp³-hybridized carbons (Fsp3) is 0.320. The first kappa shape index (κ1) is 22.9. The quantitative estimate of drug-likeness (QED) is 0.325. The molecule has 5 rings (SSSR count). The Kier molecular flexibility index (Phi) is 6.92. The Balaban J connectivity index is 1.16. The number of rotatable bonds is 6. The number of urea groups is 2. The van der Waals surface area contributed by atoms with Gasteiger partial charge in [0.1, 0.15) is 0 Å². The minimum absolute atomic E-state index is 0.163. The molecule has 6 N–H and O–H groups in total. The summed E-state index contributed by atoms with van der Waals surface area (Å²) in [6.07, 6.45) is 3.55. The van der Waals surface area contributed by atoms with Crippen LogP contribution in [0.25, 0.3) is 22.8 Å². The molecule has 35 heavy (non-hydrogen) atoms. The number of carbonyl (C=O) groups is 2. The van der Waals surface area contributed by atoms with Crippen LogP contribution < -0.4 is 31.9 Å². The van der Waals surface area contributed by atoms with E-state index in [9.17, 15) is 9.59 Å². The number of hydrogen-bond donors (Lipinski definition) is 6. The van der Waals surface area contributed by atoms with Gasteiger partial charge in [0.2, 0.25) is 5.89 Å².